The molecule has 1 heterocycles. The number of nitrogens with zero attached hydrogens (tertiary/aromatic N) is 2. The first-order valence-corrected chi connectivity index (χ1v) is 7.02. The molecule has 0 radical (unpaired) electrons. The van der Waals surface area contributed by atoms with Crippen LogP contribution in [-0.4, -0.2) is 22.8 Å². The number of rotatable bonds is 3. The minimum absolute atomic E-state index is 0.0476. The molecule has 0 aliphatic carbocycles. The van der Waals surface area contributed by atoms with Crippen molar-refractivity contribution in [1.82, 2.24) is 9.88 Å². The van der Waals surface area contributed by atoms with Gasteiger partial charge in [-0.2, -0.15) is 0 Å². The highest BCUT2D eigenvalue weighted by atomic mass is 79.9. The van der Waals surface area contributed by atoms with Crippen LogP contribution >= 0.6 is 15.9 Å². The Morgan fingerprint density at radius 2 is 1.95 bits per heavy atom. The molecule has 2 N–H and O–H groups in total. The Labute approximate surface area is 126 Å². The highest BCUT2D eigenvalue weighted by molar-refractivity contribution is 9.10. The van der Waals surface area contributed by atoms with Crippen LogP contribution < -0.4 is 5.73 Å². The number of nitrogen functional groups attached to an aromatic ring is 1. The lowest BCUT2D eigenvalue weighted by atomic mass is 10.1. The van der Waals surface area contributed by atoms with Crippen LogP contribution in [0.4, 0.5) is 5.69 Å². The van der Waals surface area contributed by atoms with E-state index in [4.69, 9.17) is 5.73 Å². The van der Waals surface area contributed by atoms with E-state index in [2.05, 4.69) is 20.9 Å². The van der Waals surface area contributed by atoms with Gasteiger partial charge in [-0.25, -0.2) is 0 Å². The summed E-state index contributed by atoms with van der Waals surface area (Å²) in [5.41, 5.74) is 7.93. The van der Waals surface area contributed by atoms with Gasteiger partial charge in [0.05, 0.1) is 11.6 Å². The van der Waals surface area contributed by atoms with Crippen molar-refractivity contribution in [3.8, 4) is 0 Å². The predicted molar refractivity (Wildman–Crippen MR) is 83.3 cm³/mol. The maximum Gasteiger partial charge on any atom is 0.256 e. The Balaban J connectivity index is 2.24. The zero-order valence-corrected chi connectivity index (χ0v) is 13.0. The minimum atomic E-state index is -0.0979. The molecule has 1 aromatic carbocycles. The number of pyridine rings is 1. The number of nitrogens with two attached hydrogens (primary N) is 1. The number of anilines is 1. The fourth-order valence-electron chi connectivity index (χ4n) is 1.96. The van der Waals surface area contributed by atoms with E-state index in [1.54, 1.807) is 36.5 Å². The van der Waals surface area contributed by atoms with Gasteiger partial charge in [0.2, 0.25) is 0 Å². The molecule has 104 valence electrons. The molecule has 5 heteroatoms. The SMILES string of the molecule is CC(c1ccncc1)N(C)C(=O)c1ccc(Br)cc1N. The van der Waals surface area contributed by atoms with Crippen LogP contribution in [-0.2, 0) is 0 Å². The third kappa shape index (κ3) is 2.99. The average molecular weight is 334 g/mol. The molecule has 0 spiro atoms. The first-order valence-electron chi connectivity index (χ1n) is 6.23. The Hall–Kier alpha value is -1.88. The van der Waals surface area contributed by atoms with Crippen molar-refractivity contribution in [3.63, 3.8) is 0 Å². The number of carbonyl (C=O) groups excluding carboxylic acids is 1. The number of carbonyl (C=O) groups is 1. The second kappa shape index (κ2) is 6.05. The van der Waals surface area contributed by atoms with Crippen molar-refractivity contribution >= 4 is 27.5 Å². The van der Waals surface area contributed by atoms with E-state index in [-0.39, 0.29) is 11.9 Å². The van der Waals surface area contributed by atoms with Gasteiger partial charge in [0, 0.05) is 29.6 Å². The van der Waals surface area contributed by atoms with E-state index in [1.165, 1.54) is 0 Å². The molecule has 2 rings (SSSR count). The van der Waals surface area contributed by atoms with Crippen molar-refractivity contribution in [1.29, 1.82) is 0 Å². The van der Waals surface area contributed by atoms with Gasteiger partial charge in [0.15, 0.2) is 0 Å². The molecule has 0 saturated heterocycles. The average Bonchev–Trinajstić information content (AvgIpc) is 2.46. The van der Waals surface area contributed by atoms with Crippen LogP contribution in [0.5, 0.6) is 0 Å². The topological polar surface area (TPSA) is 59.2 Å². The van der Waals surface area contributed by atoms with E-state index < -0.39 is 0 Å². The van der Waals surface area contributed by atoms with Crippen LogP contribution in [0.15, 0.2) is 47.2 Å². The number of hydrogen-bond acceptors (Lipinski definition) is 3. The summed E-state index contributed by atoms with van der Waals surface area (Å²) < 4.78 is 0.858. The lowest BCUT2D eigenvalue weighted by molar-refractivity contribution is 0.0743. The largest absolute Gasteiger partial charge is 0.398 e. The normalized spacial score (nSPS) is 11.9. The maximum atomic E-state index is 12.5. The molecule has 1 aromatic heterocycles. The molecule has 0 aliphatic heterocycles. The highest BCUT2D eigenvalue weighted by Crippen LogP contribution is 2.24. The predicted octanol–water partition coefficient (Wildman–Crippen LogP) is 3.26. The van der Waals surface area contributed by atoms with E-state index in [0.29, 0.717) is 11.3 Å². The van der Waals surface area contributed by atoms with Crippen LogP contribution in [0.1, 0.15) is 28.9 Å². The van der Waals surface area contributed by atoms with E-state index >= 15 is 0 Å². The summed E-state index contributed by atoms with van der Waals surface area (Å²) in [5, 5.41) is 0. The molecule has 1 atom stereocenters. The Morgan fingerprint density at radius 3 is 2.55 bits per heavy atom. The smallest absolute Gasteiger partial charge is 0.256 e. The summed E-state index contributed by atoms with van der Waals surface area (Å²) in [6.45, 7) is 1.97. The van der Waals surface area contributed by atoms with Crippen molar-refractivity contribution in [3.05, 3.63) is 58.3 Å². The molecule has 20 heavy (non-hydrogen) atoms. The van der Waals surface area contributed by atoms with Gasteiger partial charge in [-0.05, 0) is 42.8 Å². The molecule has 1 amide bonds. The van der Waals surface area contributed by atoms with Gasteiger partial charge in [0.1, 0.15) is 0 Å². The quantitative estimate of drug-likeness (QED) is 0.877. The third-order valence-electron chi connectivity index (χ3n) is 3.33. The molecule has 0 aliphatic rings. The molecular formula is C15H16BrN3O. The summed E-state index contributed by atoms with van der Waals surface area (Å²) in [4.78, 5) is 18.2. The molecular weight excluding hydrogens is 318 g/mol. The molecule has 4 nitrogen and oxygen atoms in total. The lowest BCUT2D eigenvalue weighted by Crippen LogP contribution is -2.30. The van der Waals surface area contributed by atoms with Crippen LogP contribution in [0, 0.1) is 0 Å². The van der Waals surface area contributed by atoms with Crippen molar-refractivity contribution in [2.24, 2.45) is 0 Å². The number of hydrogen-bond donors (Lipinski definition) is 1. The summed E-state index contributed by atoms with van der Waals surface area (Å²) in [7, 11) is 1.77. The minimum Gasteiger partial charge on any atom is -0.398 e. The summed E-state index contributed by atoms with van der Waals surface area (Å²) >= 11 is 3.34. The van der Waals surface area contributed by atoms with Gasteiger partial charge in [-0.3, -0.25) is 9.78 Å². The van der Waals surface area contributed by atoms with E-state index in [9.17, 15) is 4.79 Å². The lowest BCUT2D eigenvalue weighted by Gasteiger charge is -2.25. The highest BCUT2D eigenvalue weighted by Gasteiger charge is 2.20. The van der Waals surface area contributed by atoms with Crippen LogP contribution in [0.3, 0.4) is 0 Å². The Bertz CT molecular complexity index is 616. The fraction of sp³-hybridized carbons (Fsp3) is 0.200. The van der Waals surface area contributed by atoms with Crippen LogP contribution in [0.2, 0.25) is 0 Å². The van der Waals surface area contributed by atoms with Gasteiger partial charge in [-0.15, -0.1) is 0 Å². The maximum absolute atomic E-state index is 12.5. The monoisotopic (exact) mass is 333 g/mol. The third-order valence-corrected chi connectivity index (χ3v) is 3.83. The van der Waals surface area contributed by atoms with Crippen molar-refractivity contribution < 1.29 is 4.79 Å². The first kappa shape index (κ1) is 14.5. The van der Waals surface area contributed by atoms with E-state index in [1.807, 2.05) is 25.1 Å². The van der Waals surface area contributed by atoms with Crippen molar-refractivity contribution in [2.45, 2.75) is 13.0 Å². The number of amides is 1. The van der Waals surface area contributed by atoms with Gasteiger partial charge >= 0.3 is 0 Å². The van der Waals surface area contributed by atoms with Crippen LogP contribution in [0.25, 0.3) is 0 Å². The number of halogens is 1. The fourth-order valence-corrected chi connectivity index (χ4v) is 2.34. The molecule has 1 unspecified atom stereocenters. The standard InChI is InChI=1S/C15H16BrN3O/c1-10(11-5-7-18-8-6-11)19(2)15(20)13-4-3-12(16)9-14(13)17/h3-10H,17H2,1-2H3. The van der Waals surface area contributed by atoms with Gasteiger partial charge in [0.25, 0.3) is 5.91 Å². The zero-order chi connectivity index (χ0) is 14.7. The molecule has 0 saturated carbocycles. The van der Waals surface area contributed by atoms with Crippen molar-refractivity contribution in [2.75, 3.05) is 12.8 Å². The van der Waals surface area contributed by atoms with Gasteiger partial charge in [-0.1, -0.05) is 15.9 Å². The van der Waals surface area contributed by atoms with Gasteiger partial charge < -0.3 is 10.6 Å². The summed E-state index contributed by atoms with van der Waals surface area (Å²) in [6.07, 6.45) is 3.44. The Morgan fingerprint density at radius 1 is 1.30 bits per heavy atom. The second-order valence-electron chi connectivity index (χ2n) is 4.60. The number of aromatic nitrogens is 1. The summed E-state index contributed by atoms with van der Waals surface area (Å²) in [6, 6.07) is 9.04. The first-order chi connectivity index (χ1) is 9.50. The molecule has 0 bridgehead atoms. The summed E-state index contributed by atoms with van der Waals surface area (Å²) in [5.74, 6) is -0.0979. The number of benzene rings is 1. The molecule has 2 aromatic rings. The van der Waals surface area contributed by atoms with E-state index in [0.717, 1.165) is 10.0 Å². The molecule has 0 fully saturated rings. The Kier molecular flexibility index (Phi) is 4.39. The second-order valence-corrected chi connectivity index (χ2v) is 5.52. The zero-order valence-electron chi connectivity index (χ0n) is 11.4.